The molecule has 11 heteroatoms. The highest BCUT2D eigenvalue weighted by molar-refractivity contribution is 5.95. The highest BCUT2D eigenvalue weighted by Gasteiger charge is 2.37. The molecule has 1 aliphatic rings. The highest BCUT2D eigenvalue weighted by atomic mass is 19.4. The SMILES string of the molecule is CC1(C)CN(CC(=O)Nc2cc(C(F)(F)F)cc(C(F)(F)F)c2)C(=O)CN1. The number of halogens is 6. The number of nitrogens with zero attached hydrogens (tertiary/aromatic N) is 1. The van der Waals surface area contributed by atoms with Crippen molar-refractivity contribution in [1.29, 1.82) is 0 Å². The maximum absolute atomic E-state index is 12.8. The van der Waals surface area contributed by atoms with Crippen LogP contribution in [-0.4, -0.2) is 41.9 Å². The van der Waals surface area contributed by atoms with Gasteiger partial charge in [-0.15, -0.1) is 0 Å². The zero-order valence-electron chi connectivity index (χ0n) is 14.4. The molecule has 0 aliphatic carbocycles. The van der Waals surface area contributed by atoms with Gasteiger partial charge in [-0.3, -0.25) is 9.59 Å². The fraction of sp³-hybridized carbons (Fsp3) is 0.500. The molecule has 1 aromatic rings. The smallest absolute Gasteiger partial charge is 0.330 e. The minimum atomic E-state index is -5.01. The third-order valence-electron chi connectivity index (χ3n) is 3.86. The molecule has 2 rings (SSSR count). The maximum atomic E-state index is 12.8. The monoisotopic (exact) mass is 397 g/mol. The molecule has 5 nitrogen and oxygen atoms in total. The van der Waals surface area contributed by atoms with Crippen LogP contribution in [0.5, 0.6) is 0 Å². The summed E-state index contributed by atoms with van der Waals surface area (Å²) in [4.78, 5) is 25.1. The number of hydrogen-bond donors (Lipinski definition) is 2. The molecule has 1 heterocycles. The fourth-order valence-corrected chi connectivity index (χ4v) is 2.59. The number of carbonyl (C=O) groups excluding carboxylic acids is 2. The van der Waals surface area contributed by atoms with E-state index in [1.807, 2.05) is 5.32 Å². The molecule has 1 aliphatic heterocycles. The van der Waals surface area contributed by atoms with Gasteiger partial charge in [0.2, 0.25) is 11.8 Å². The molecule has 0 atom stereocenters. The third kappa shape index (κ3) is 5.59. The topological polar surface area (TPSA) is 61.4 Å². The summed E-state index contributed by atoms with van der Waals surface area (Å²) in [6.45, 7) is 3.22. The van der Waals surface area contributed by atoms with E-state index < -0.39 is 53.1 Å². The van der Waals surface area contributed by atoms with Crippen molar-refractivity contribution in [2.45, 2.75) is 31.7 Å². The van der Waals surface area contributed by atoms with Crippen molar-refractivity contribution >= 4 is 17.5 Å². The molecule has 27 heavy (non-hydrogen) atoms. The van der Waals surface area contributed by atoms with Crippen molar-refractivity contribution in [2.24, 2.45) is 0 Å². The Morgan fingerprint density at radius 3 is 2.11 bits per heavy atom. The van der Waals surface area contributed by atoms with E-state index in [-0.39, 0.29) is 19.2 Å². The summed E-state index contributed by atoms with van der Waals surface area (Å²) < 4.78 is 77.1. The molecule has 150 valence electrons. The van der Waals surface area contributed by atoms with Crippen LogP contribution in [0.15, 0.2) is 18.2 Å². The number of carbonyl (C=O) groups is 2. The van der Waals surface area contributed by atoms with Crippen LogP contribution in [0, 0.1) is 0 Å². The first-order valence-corrected chi connectivity index (χ1v) is 7.79. The fourth-order valence-electron chi connectivity index (χ4n) is 2.59. The summed E-state index contributed by atoms with van der Waals surface area (Å²) in [5.74, 6) is -1.29. The van der Waals surface area contributed by atoms with Gasteiger partial charge in [0.25, 0.3) is 0 Å². The van der Waals surface area contributed by atoms with Crippen LogP contribution in [0.1, 0.15) is 25.0 Å². The second kappa shape index (κ2) is 7.02. The second-order valence-corrected chi connectivity index (χ2v) is 6.83. The molecule has 2 amide bonds. The van der Waals surface area contributed by atoms with Crippen LogP contribution in [0.3, 0.4) is 0 Å². The number of amides is 2. The van der Waals surface area contributed by atoms with E-state index in [0.29, 0.717) is 12.1 Å². The Morgan fingerprint density at radius 2 is 1.63 bits per heavy atom. The van der Waals surface area contributed by atoms with Gasteiger partial charge >= 0.3 is 12.4 Å². The lowest BCUT2D eigenvalue weighted by molar-refractivity contribution is -0.143. The van der Waals surface area contributed by atoms with E-state index in [4.69, 9.17) is 0 Å². The van der Waals surface area contributed by atoms with Crippen molar-refractivity contribution in [3.05, 3.63) is 29.3 Å². The number of piperazine rings is 1. The predicted octanol–water partition coefficient (Wildman–Crippen LogP) is 2.87. The number of anilines is 1. The molecule has 1 aromatic carbocycles. The van der Waals surface area contributed by atoms with Gasteiger partial charge in [0.15, 0.2) is 0 Å². The van der Waals surface area contributed by atoms with Crippen molar-refractivity contribution in [2.75, 3.05) is 25.0 Å². The standard InChI is InChI=1S/C16H17F6N3O2/c1-14(2)8-25(13(27)6-23-14)7-12(26)24-11-4-9(15(17,18)19)3-10(5-11)16(20,21)22/h3-5,23H,6-8H2,1-2H3,(H,24,26). The van der Waals surface area contributed by atoms with Crippen LogP contribution in [0.2, 0.25) is 0 Å². The first-order chi connectivity index (χ1) is 12.2. The maximum Gasteiger partial charge on any atom is 0.416 e. The number of alkyl halides is 6. The summed E-state index contributed by atoms with van der Waals surface area (Å²) in [6.07, 6.45) is -10.0. The number of nitrogens with one attached hydrogen (secondary N) is 2. The Kier molecular flexibility index (Phi) is 5.46. The zero-order valence-corrected chi connectivity index (χ0v) is 14.4. The lowest BCUT2D eigenvalue weighted by Crippen LogP contribution is -2.60. The van der Waals surface area contributed by atoms with Crippen molar-refractivity contribution in [3.63, 3.8) is 0 Å². The first-order valence-electron chi connectivity index (χ1n) is 7.79. The van der Waals surface area contributed by atoms with E-state index in [9.17, 15) is 35.9 Å². The third-order valence-corrected chi connectivity index (χ3v) is 3.86. The Balaban J connectivity index is 2.20. The second-order valence-electron chi connectivity index (χ2n) is 6.83. The Morgan fingerprint density at radius 1 is 1.11 bits per heavy atom. The minimum absolute atomic E-state index is 0.0257. The number of rotatable bonds is 3. The average Bonchev–Trinajstić information content (AvgIpc) is 2.48. The summed E-state index contributed by atoms with van der Waals surface area (Å²) in [5.41, 5.74) is -4.20. The molecule has 0 bridgehead atoms. The van der Waals surface area contributed by atoms with Crippen LogP contribution in [0.4, 0.5) is 32.0 Å². The summed E-state index contributed by atoms with van der Waals surface area (Å²) in [5, 5.41) is 4.95. The Bertz CT molecular complexity index is 710. The number of benzene rings is 1. The molecule has 1 saturated heterocycles. The van der Waals surface area contributed by atoms with Crippen LogP contribution < -0.4 is 10.6 Å². The van der Waals surface area contributed by atoms with E-state index >= 15 is 0 Å². The predicted molar refractivity (Wildman–Crippen MR) is 83.7 cm³/mol. The Labute approximate surface area is 150 Å². The van der Waals surface area contributed by atoms with Crippen molar-refractivity contribution in [1.82, 2.24) is 10.2 Å². The Hall–Kier alpha value is -2.30. The average molecular weight is 397 g/mol. The molecular formula is C16H17F6N3O2. The lowest BCUT2D eigenvalue weighted by atomic mass is 10.0. The van der Waals surface area contributed by atoms with E-state index in [2.05, 4.69) is 5.32 Å². The summed E-state index contributed by atoms with van der Waals surface area (Å²) >= 11 is 0. The molecule has 1 fully saturated rings. The van der Waals surface area contributed by atoms with Gasteiger partial charge in [-0.05, 0) is 32.0 Å². The van der Waals surface area contributed by atoms with E-state index in [1.54, 1.807) is 13.8 Å². The molecule has 0 aromatic heterocycles. The quantitative estimate of drug-likeness (QED) is 0.772. The van der Waals surface area contributed by atoms with Crippen molar-refractivity contribution in [3.8, 4) is 0 Å². The molecule has 0 unspecified atom stereocenters. The number of hydrogen-bond acceptors (Lipinski definition) is 3. The minimum Gasteiger partial charge on any atom is -0.330 e. The van der Waals surface area contributed by atoms with Crippen LogP contribution in [0.25, 0.3) is 0 Å². The van der Waals surface area contributed by atoms with Gasteiger partial charge in [0.05, 0.1) is 24.2 Å². The van der Waals surface area contributed by atoms with Crippen LogP contribution in [-0.2, 0) is 21.9 Å². The van der Waals surface area contributed by atoms with Gasteiger partial charge in [-0.25, -0.2) is 0 Å². The van der Waals surface area contributed by atoms with E-state index in [1.165, 1.54) is 4.90 Å². The highest BCUT2D eigenvalue weighted by Crippen LogP contribution is 2.37. The van der Waals surface area contributed by atoms with Gasteiger partial charge in [-0.2, -0.15) is 26.3 Å². The van der Waals surface area contributed by atoms with Gasteiger partial charge in [-0.1, -0.05) is 0 Å². The normalized spacial score (nSPS) is 17.8. The lowest BCUT2D eigenvalue weighted by Gasteiger charge is -2.38. The molecule has 0 spiro atoms. The van der Waals surface area contributed by atoms with Gasteiger partial charge in [0.1, 0.15) is 0 Å². The van der Waals surface area contributed by atoms with Gasteiger partial charge in [0, 0.05) is 17.8 Å². The van der Waals surface area contributed by atoms with Crippen LogP contribution >= 0.6 is 0 Å². The summed E-state index contributed by atoms with van der Waals surface area (Å²) in [6, 6.07) is 0.797. The molecule has 2 N–H and O–H groups in total. The molecular weight excluding hydrogens is 380 g/mol. The molecule has 0 radical (unpaired) electrons. The summed E-state index contributed by atoms with van der Waals surface area (Å²) in [7, 11) is 0. The zero-order chi connectivity index (χ0) is 20.6. The first kappa shape index (κ1) is 21.0. The molecule has 0 saturated carbocycles. The largest absolute Gasteiger partial charge is 0.416 e. The van der Waals surface area contributed by atoms with Gasteiger partial charge < -0.3 is 15.5 Å². The van der Waals surface area contributed by atoms with Crippen molar-refractivity contribution < 1.29 is 35.9 Å². The van der Waals surface area contributed by atoms with E-state index in [0.717, 1.165) is 0 Å².